The van der Waals surface area contributed by atoms with Crippen LogP contribution in [0.4, 0.5) is 0 Å². The van der Waals surface area contributed by atoms with Crippen LogP contribution in [0.25, 0.3) is 0 Å². The van der Waals surface area contributed by atoms with E-state index in [1.165, 1.54) is 32.1 Å². The summed E-state index contributed by atoms with van der Waals surface area (Å²) < 4.78 is 27.0. The second-order valence-electron chi connectivity index (χ2n) is 8.25. The fourth-order valence-electron chi connectivity index (χ4n) is 2.41. The van der Waals surface area contributed by atoms with Gasteiger partial charge in [-0.2, -0.15) is 0 Å². The Morgan fingerprint density at radius 2 is 1.55 bits per heavy atom. The third-order valence-corrected chi connectivity index (χ3v) is 5.24. The molecule has 174 valence electrons. The number of phosphoric acid groups is 1. The zero-order valence-corrected chi connectivity index (χ0v) is 19.4. The topological polar surface area (TPSA) is 112 Å². The van der Waals surface area contributed by atoms with E-state index in [-0.39, 0.29) is 13.2 Å². The molecule has 2 N–H and O–H groups in total. The predicted octanol–water partition coefficient (Wildman–Crippen LogP) is 3.76. The van der Waals surface area contributed by atoms with Crippen molar-refractivity contribution in [1.29, 1.82) is 0 Å². The Balaban J connectivity index is 3.88. The molecule has 0 aromatic heterocycles. The summed E-state index contributed by atoms with van der Waals surface area (Å²) in [6, 6.07) is 0. The molecular weight excluding hydrogens is 401 g/mol. The molecule has 0 aliphatic carbocycles. The molecule has 0 amide bonds. The minimum atomic E-state index is -4.27. The molecule has 0 saturated carbocycles. The van der Waals surface area contributed by atoms with Gasteiger partial charge in [0.25, 0.3) is 0 Å². The van der Waals surface area contributed by atoms with E-state index in [0.717, 1.165) is 19.3 Å². The molecule has 0 saturated heterocycles. The first-order valence-corrected chi connectivity index (χ1v) is 12.0. The Morgan fingerprint density at radius 3 is 2.10 bits per heavy atom. The van der Waals surface area contributed by atoms with E-state index in [2.05, 4.69) is 11.8 Å². The number of ether oxygens (including phenoxy) is 1. The number of unbranched alkanes of at least 4 members (excludes halogenated alkanes) is 7. The molecule has 0 radical (unpaired) electrons. The fraction of sp³-hybridized carbons (Fsp3) is 0.947. The molecule has 0 bridgehead atoms. The maximum atomic E-state index is 11.8. The minimum absolute atomic E-state index is 0.0372. The highest BCUT2D eigenvalue weighted by molar-refractivity contribution is 7.47. The first-order valence-electron chi connectivity index (χ1n) is 10.5. The number of rotatable bonds is 19. The Kier molecular flexibility index (Phi) is 15.9. The summed E-state index contributed by atoms with van der Waals surface area (Å²) in [6.45, 7) is 2.03. The number of carbonyl (C=O) groups is 1. The van der Waals surface area contributed by atoms with Gasteiger partial charge in [0.05, 0.1) is 27.7 Å². The van der Waals surface area contributed by atoms with Crippen LogP contribution in [0.2, 0.25) is 0 Å². The van der Waals surface area contributed by atoms with Crippen LogP contribution >= 0.6 is 7.82 Å². The van der Waals surface area contributed by atoms with Gasteiger partial charge in [-0.25, -0.2) is 9.45 Å². The smallest absolute Gasteiger partial charge is 0.463 e. The van der Waals surface area contributed by atoms with Gasteiger partial charge in [0.1, 0.15) is 19.8 Å². The molecule has 1 unspecified atom stereocenters. The molecule has 2 atom stereocenters. The second-order valence-corrected chi connectivity index (χ2v) is 9.70. The minimum Gasteiger partial charge on any atom is -0.463 e. The Morgan fingerprint density at radius 1 is 0.966 bits per heavy atom. The Hall–Kier alpha value is -0.540. The maximum absolute atomic E-state index is 11.8. The van der Waals surface area contributed by atoms with Crippen LogP contribution in [-0.2, 0) is 28.0 Å². The van der Waals surface area contributed by atoms with Gasteiger partial charge in [-0.15, -0.1) is 0 Å². The van der Waals surface area contributed by atoms with E-state index in [9.17, 15) is 14.3 Å². The van der Waals surface area contributed by atoms with Crippen molar-refractivity contribution in [2.75, 3.05) is 47.5 Å². The maximum Gasteiger partial charge on any atom is 0.472 e. The first-order chi connectivity index (χ1) is 13.6. The van der Waals surface area contributed by atoms with Crippen LogP contribution in [-0.4, -0.2) is 74.2 Å². The van der Waals surface area contributed by atoms with Crippen LogP contribution in [0, 0.1) is 0 Å². The van der Waals surface area contributed by atoms with Gasteiger partial charge < -0.3 is 14.1 Å². The summed E-state index contributed by atoms with van der Waals surface area (Å²) in [7, 11) is 1.49. The van der Waals surface area contributed by atoms with Crippen molar-refractivity contribution in [3.05, 3.63) is 0 Å². The van der Waals surface area contributed by atoms with Crippen LogP contribution in [0.5, 0.6) is 0 Å². The second kappa shape index (κ2) is 16.2. The Bertz CT molecular complexity index is 470. The van der Waals surface area contributed by atoms with Gasteiger partial charge in [0, 0.05) is 6.42 Å². The zero-order chi connectivity index (χ0) is 22.2. The molecule has 9 nitrogen and oxygen atoms in total. The molecule has 0 aliphatic heterocycles. The van der Waals surface area contributed by atoms with Crippen LogP contribution < -0.4 is 0 Å². The van der Waals surface area contributed by atoms with E-state index < -0.39 is 26.5 Å². The standard InChI is InChI=1S/C19H40NO8P/c1-5-6-7-8-9-10-11-12-13-19(21)25-16-18(28-22)17-27-29(23,24)26-15-14-20(2,3)4/h18H,5-17H2,1-4H3,(H-,22,23,24)/p+1/t18-/m1/s1. The molecule has 0 spiro atoms. The normalized spacial score (nSPS) is 15.1. The quantitative estimate of drug-likeness (QED) is 0.0777. The van der Waals surface area contributed by atoms with Gasteiger partial charge >= 0.3 is 13.8 Å². The first kappa shape index (κ1) is 28.5. The number of hydrogen-bond acceptors (Lipinski definition) is 7. The van der Waals surface area contributed by atoms with Crippen molar-refractivity contribution in [2.45, 2.75) is 70.8 Å². The van der Waals surface area contributed by atoms with Gasteiger partial charge in [0.2, 0.25) is 0 Å². The molecule has 0 aromatic rings. The number of likely N-dealkylation sites (N-methyl/N-ethyl adjacent to an activating group) is 1. The summed E-state index contributed by atoms with van der Waals surface area (Å²) in [5, 5.41) is 8.87. The van der Waals surface area contributed by atoms with Crippen molar-refractivity contribution in [3.8, 4) is 0 Å². The number of carbonyl (C=O) groups excluding carboxylic acids is 1. The molecule has 0 aliphatic rings. The fourth-order valence-corrected chi connectivity index (χ4v) is 3.16. The lowest BCUT2D eigenvalue weighted by Gasteiger charge is -2.24. The number of quaternary nitrogens is 1. The third kappa shape index (κ3) is 19.2. The van der Waals surface area contributed by atoms with Crippen molar-refractivity contribution in [1.82, 2.24) is 0 Å². The van der Waals surface area contributed by atoms with Crippen LogP contribution in [0.1, 0.15) is 64.7 Å². The monoisotopic (exact) mass is 442 g/mol. The molecule has 29 heavy (non-hydrogen) atoms. The van der Waals surface area contributed by atoms with Gasteiger partial charge in [0.15, 0.2) is 6.10 Å². The largest absolute Gasteiger partial charge is 0.472 e. The Labute approximate surface area is 175 Å². The van der Waals surface area contributed by atoms with E-state index in [1.807, 2.05) is 21.1 Å². The van der Waals surface area contributed by atoms with Crippen LogP contribution in [0.3, 0.4) is 0 Å². The molecule has 0 fully saturated rings. The predicted molar refractivity (Wildman–Crippen MR) is 110 cm³/mol. The average Bonchev–Trinajstić information content (AvgIpc) is 2.62. The summed E-state index contributed by atoms with van der Waals surface area (Å²) in [6.07, 6.45) is 8.25. The number of nitrogens with zero attached hydrogens (tertiary/aromatic N) is 1. The SMILES string of the molecule is CCCCCCCCCCC(=O)OC[C@H](COP(=O)(O)OCC[N+](C)(C)C)OO. The molecular formula is C19H41NO8P+. The lowest BCUT2D eigenvalue weighted by molar-refractivity contribution is -0.870. The average molecular weight is 443 g/mol. The van der Waals surface area contributed by atoms with Crippen molar-refractivity contribution in [2.24, 2.45) is 0 Å². The summed E-state index contributed by atoms with van der Waals surface area (Å²) >= 11 is 0. The van der Waals surface area contributed by atoms with Gasteiger partial charge in [-0.3, -0.25) is 19.1 Å². The number of hydrogen-bond donors (Lipinski definition) is 2. The molecule has 0 rings (SSSR count). The van der Waals surface area contributed by atoms with Crippen molar-refractivity contribution >= 4 is 13.8 Å². The van der Waals surface area contributed by atoms with Gasteiger partial charge in [-0.1, -0.05) is 51.9 Å². The summed E-state index contributed by atoms with van der Waals surface area (Å²) in [4.78, 5) is 25.5. The highest BCUT2D eigenvalue weighted by Gasteiger charge is 2.25. The van der Waals surface area contributed by atoms with E-state index in [4.69, 9.17) is 19.0 Å². The lowest BCUT2D eigenvalue weighted by atomic mass is 10.1. The highest BCUT2D eigenvalue weighted by Crippen LogP contribution is 2.43. The lowest BCUT2D eigenvalue weighted by Crippen LogP contribution is -2.37. The van der Waals surface area contributed by atoms with E-state index >= 15 is 0 Å². The zero-order valence-electron chi connectivity index (χ0n) is 18.5. The van der Waals surface area contributed by atoms with Crippen molar-refractivity contribution in [3.63, 3.8) is 0 Å². The van der Waals surface area contributed by atoms with Crippen LogP contribution in [0.15, 0.2) is 0 Å². The summed E-state index contributed by atoms with van der Waals surface area (Å²) in [5.74, 6) is -0.399. The number of esters is 1. The molecule has 0 heterocycles. The molecule has 0 aromatic carbocycles. The summed E-state index contributed by atoms with van der Waals surface area (Å²) in [5.41, 5.74) is 0. The third-order valence-electron chi connectivity index (χ3n) is 4.25. The molecule has 10 heteroatoms. The van der Waals surface area contributed by atoms with E-state index in [1.54, 1.807) is 0 Å². The van der Waals surface area contributed by atoms with Crippen molar-refractivity contribution < 1.29 is 42.7 Å². The van der Waals surface area contributed by atoms with Gasteiger partial charge in [-0.05, 0) is 6.42 Å². The van der Waals surface area contributed by atoms with E-state index in [0.29, 0.717) is 17.4 Å². The number of phosphoric ester groups is 1. The highest BCUT2D eigenvalue weighted by atomic mass is 31.2.